The van der Waals surface area contributed by atoms with E-state index >= 15 is 0 Å². The van der Waals surface area contributed by atoms with E-state index in [2.05, 4.69) is 21.8 Å². The second-order valence-corrected chi connectivity index (χ2v) is 8.85. The van der Waals surface area contributed by atoms with E-state index < -0.39 is 0 Å². The number of hydrogen-bond acceptors (Lipinski definition) is 6. The SMILES string of the molecule is CCCNc1nccc(-c2c(-c3ccc(F)cc3)nc3n2C(COCc2ccc(OC)cc2)CC3)n1. The fourth-order valence-corrected chi connectivity index (χ4v) is 4.53. The maximum atomic E-state index is 13.7. The molecule has 0 aliphatic carbocycles. The molecule has 8 heteroatoms. The molecule has 7 nitrogen and oxygen atoms in total. The summed E-state index contributed by atoms with van der Waals surface area (Å²) in [6.07, 6.45) is 4.52. The van der Waals surface area contributed by atoms with Gasteiger partial charge in [0.25, 0.3) is 0 Å². The number of ether oxygens (including phenoxy) is 2. The van der Waals surface area contributed by atoms with Crippen molar-refractivity contribution in [3.63, 3.8) is 0 Å². The fraction of sp³-hybridized carbons (Fsp3) is 0.321. The summed E-state index contributed by atoms with van der Waals surface area (Å²) in [5.74, 6) is 2.13. The summed E-state index contributed by atoms with van der Waals surface area (Å²) >= 11 is 0. The zero-order valence-corrected chi connectivity index (χ0v) is 20.6. The quantitative estimate of drug-likeness (QED) is 0.310. The van der Waals surface area contributed by atoms with Crippen LogP contribution in [0.5, 0.6) is 5.75 Å². The molecule has 36 heavy (non-hydrogen) atoms. The summed E-state index contributed by atoms with van der Waals surface area (Å²) < 4.78 is 27.3. The molecular weight excluding hydrogens is 457 g/mol. The van der Waals surface area contributed by atoms with Gasteiger partial charge in [0, 0.05) is 24.7 Å². The van der Waals surface area contributed by atoms with Gasteiger partial charge in [-0.25, -0.2) is 19.3 Å². The minimum absolute atomic E-state index is 0.122. The molecule has 3 heterocycles. The summed E-state index contributed by atoms with van der Waals surface area (Å²) in [5, 5.41) is 3.27. The number of imidazole rings is 1. The average Bonchev–Trinajstić information content (AvgIpc) is 3.48. The van der Waals surface area contributed by atoms with Crippen LogP contribution in [0.1, 0.15) is 37.2 Å². The summed E-state index contributed by atoms with van der Waals surface area (Å²) in [4.78, 5) is 14.2. The predicted octanol–water partition coefficient (Wildman–Crippen LogP) is 5.68. The molecule has 0 saturated heterocycles. The van der Waals surface area contributed by atoms with Crippen molar-refractivity contribution >= 4 is 5.95 Å². The number of methoxy groups -OCH3 is 1. The first-order chi connectivity index (χ1) is 17.7. The number of nitrogens with one attached hydrogen (secondary N) is 1. The van der Waals surface area contributed by atoms with Crippen LogP contribution in [0.3, 0.4) is 0 Å². The number of aryl methyl sites for hydroxylation is 1. The molecule has 1 unspecified atom stereocenters. The third-order valence-electron chi connectivity index (χ3n) is 6.34. The van der Waals surface area contributed by atoms with Crippen LogP contribution < -0.4 is 10.1 Å². The molecule has 2 aromatic heterocycles. The van der Waals surface area contributed by atoms with Gasteiger partial charge in [-0.1, -0.05) is 19.1 Å². The summed E-state index contributed by atoms with van der Waals surface area (Å²) in [6, 6.07) is 16.4. The van der Waals surface area contributed by atoms with E-state index in [-0.39, 0.29) is 11.9 Å². The van der Waals surface area contributed by atoms with Crippen LogP contribution in [-0.4, -0.2) is 39.8 Å². The first kappa shape index (κ1) is 23.9. The van der Waals surface area contributed by atoms with E-state index in [4.69, 9.17) is 19.4 Å². The minimum atomic E-state index is -0.273. The lowest BCUT2D eigenvalue weighted by molar-refractivity contribution is 0.0924. The zero-order valence-electron chi connectivity index (χ0n) is 20.6. The van der Waals surface area contributed by atoms with Gasteiger partial charge in [0.1, 0.15) is 17.4 Å². The van der Waals surface area contributed by atoms with Gasteiger partial charge in [-0.05, 0) is 60.9 Å². The number of benzene rings is 2. The Morgan fingerprint density at radius 1 is 1.06 bits per heavy atom. The lowest BCUT2D eigenvalue weighted by Crippen LogP contribution is -2.14. The third-order valence-corrected chi connectivity index (χ3v) is 6.34. The van der Waals surface area contributed by atoms with Crippen LogP contribution in [0.2, 0.25) is 0 Å². The van der Waals surface area contributed by atoms with Crippen molar-refractivity contribution in [3.8, 4) is 28.4 Å². The average molecular weight is 488 g/mol. The van der Waals surface area contributed by atoms with Gasteiger partial charge in [0.05, 0.1) is 43.4 Å². The first-order valence-corrected chi connectivity index (χ1v) is 12.3. The van der Waals surface area contributed by atoms with E-state index in [0.717, 1.165) is 65.6 Å². The number of fused-ring (bicyclic) bond motifs is 1. The Morgan fingerprint density at radius 3 is 2.61 bits per heavy atom. The van der Waals surface area contributed by atoms with Crippen molar-refractivity contribution in [1.82, 2.24) is 19.5 Å². The van der Waals surface area contributed by atoms with E-state index in [9.17, 15) is 4.39 Å². The van der Waals surface area contributed by atoms with Gasteiger partial charge in [-0.2, -0.15) is 0 Å². The number of anilines is 1. The molecule has 0 saturated carbocycles. The van der Waals surface area contributed by atoms with Crippen LogP contribution in [0.25, 0.3) is 22.6 Å². The topological polar surface area (TPSA) is 74.1 Å². The highest BCUT2D eigenvalue weighted by atomic mass is 19.1. The highest BCUT2D eigenvalue weighted by Crippen LogP contribution is 2.39. The Bertz CT molecular complexity index is 1300. The number of aromatic nitrogens is 4. The van der Waals surface area contributed by atoms with Crippen LogP contribution in [0.15, 0.2) is 60.8 Å². The molecule has 0 fully saturated rings. The predicted molar refractivity (Wildman–Crippen MR) is 137 cm³/mol. The van der Waals surface area contributed by atoms with Gasteiger partial charge >= 0.3 is 0 Å². The van der Waals surface area contributed by atoms with E-state index in [1.54, 1.807) is 25.4 Å². The molecular formula is C28H30FN5O2. The van der Waals surface area contributed by atoms with Gasteiger partial charge < -0.3 is 19.4 Å². The van der Waals surface area contributed by atoms with Crippen LogP contribution >= 0.6 is 0 Å². The smallest absolute Gasteiger partial charge is 0.223 e. The zero-order chi connectivity index (χ0) is 24.9. The number of rotatable bonds is 10. The number of nitrogens with zero attached hydrogens (tertiary/aromatic N) is 4. The Morgan fingerprint density at radius 2 is 1.86 bits per heavy atom. The second kappa shape index (κ2) is 10.9. The lowest BCUT2D eigenvalue weighted by Gasteiger charge is -2.18. The standard InChI is InChI=1S/C28H30FN5O2/c1-3-15-30-28-31-16-14-24(32-28)27-26(20-6-8-21(29)9-7-20)33-25-13-10-22(34(25)27)18-36-17-19-4-11-23(35-2)12-5-19/h4-9,11-12,14,16,22H,3,10,13,15,17-18H2,1-2H3,(H,30,31,32). The molecule has 4 aromatic rings. The minimum Gasteiger partial charge on any atom is -0.497 e. The first-order valence-electron chi connectivity index (χ1n) is 12.3. The molecule has 0 amide bonds. The molecule has 0 bridgehead atoms. The summed E-state index contributed by atoms with van der Waals surface area (Å²) in [7, 11) is 1.66. The van der Waals surface area contributed by atoms with E-state index in [0.29, 0.717) is 19.2 Å². The highest BCUT2D eigenvalue weighted by molar-refractivity contribution is 5.78. The Kier molecular flexibility index (Phi) is 7.23. The second-order valence-electron chi connectivity index (χ2n) is 8.85. The van der Waals surface area contributed by atoms with E-state index in [1.807, 2.05) is 30.3 Å². The number of hydrogen-bond donors (Lipinski definition) is 1. The maximum Gasteiger partial charge on any atom is 0.223 e. The molecule has 5 rings (SSSR count). The third kappa shape index (κ3) is 5.09. The van der Waals surface area contributed by atoms with Gasteiger partial charge in [0.15, 0.2) is 0 Å². The summed E-state index contributed by atoms with van der Waals surface area (Å²) in [6.45, 7) is 3.96. The van der Waals surface area contributed by atoms with Crippen LogP contribution in [0, 0.1) is 5.82 Å². The van der Waals surface area contributed by atoms with E-state index in [1.165, 1.54) is 12.1 Å². The van der Waals surface area contributed by atoms with Crippen molar-refractivity contribution in [2.24, 2.45) is 0 Å². The molecule has 2 aromatic carbocycles. The Hall–Kier alpha value is -3.78. The lowest BCUT2D eigenvalue weighted by atomic mass is 10.1. The Labute approximate surface area is 210 Å². The summed E-state index contributed by atoms with van der Waals surface area (Å²) in [5.41, 5.74) is 4.44. The van der Waals surface area contributed by atoms with Crippen LogP contribution in [0.4, 0.5) is 10.3 Å². The van der Waals surface area contributed by atoms with Crippen molar-refractivity contribution < 1.29 is 13.9 Å². The normalized spacial score (nSPS) is 14.6. The van der Waals surface area contributed by atoms with Gasteiger partial charge in [0.2, 0.25) is 5.95 Å². The molecule has 1 aliphatic rings. The fourth-order valence-electron chi connectivity index (χ4n) is 4.53. The maximum absolute atomic E-state index is 13.7. The largest absolute Gasteiger partial charge is 0.497 e. The molecule has 186 valence electrons. The molecule has 1 aliphatic heterocycles. The highest BCUT2D eigenvalue weighted by Gasteiger charge is 2.31. The van der Waals surface area contributed by atoms with Crippen LogP contribution in [-0.2, 0) is 17.8 Å². The van der Waals surface area contributed by atoms with Crippen molar-refractivity contribution in [2.75, 3.05) is 25.6 Å². The van der Waals surface area contributed by atoms with Crippen molar-refractivity contribution in [2.45, 2.75) is 38.8 Å². The van der Waals surface area contributed by atoms with Gasteiger partial charge in [-0.15, -0.1) is 0 Å². The van der Waals surface area contributed by atoms with Crippen molar-refractivity contribution in [1.29, 1.82) is 0 Å². The molecule has 1 atom stereocenters. The van der Waals surface area contributed by atoms with Crippen molar-refractivity contribution in [3.05, 3.63) is 78.0 Å². The molecule has 1 N–H and O–H groups in total. The number of halogens is 1. The monoisotopic (exact) mass is 487 g/mol. The molecule has 0 spiro atoms. The Balaban J connectivity index is 1.45. The van der Waals surface area contributed by atoms with Gasteiger partial charge in [-0.3, -0.25) is 0 Å². The molecule has 0 radical (unpaired) electrons.